The van der Waals surface area contributed by atoms with Crippen LogP contribution in [0.25, 0.3) is 11.1 Å². The largest absolute Gasteiger partial charge is 0.420 e. The average molecular weight is 304 g/mol. The lowest BCUT2D eigenvalue weighted by molar-refractivity contribution is -0.116. The Bertz CT molecular complexity index is 855. The molecule has 2 aromatic heterocycles. The van der Waals surface area contributed by atoms with Crippen molar-refractivity contribution in [3.05, 3.63) is 58.2 Å². The normalized spacial score (nSPS) is 10.7. The minimum atomic E-state index is -0.608. The maximum atomic E-state index is 12.0. The Morgan fingerprint density at radius 1 is 1.33 bits per heavy atom. The van der Waals surface area contributed by atoms with Crippen molar-refractivity contribution in [2.75, 3.05) is 5.32 Å². The Hall–Kier alpha value is -2.60. The monoisotopic (exact) mass is 303 g/mol. The van der Waals surface area contributed by atoms with Crippen LogP contribution in [0.5, 0.6) is 0 Å². The predicted octanol–water partition coefficient (Wildman–Crippen LogP) is 2.28. The van der Waals surface area contributed by atoms with E-state index in [9.17, 15) is 9.59 Å². The number of aromatic nitrogens is 2. The molecule has 0 saturated carbocycles. The number of oxazole rings is 1. The van der Waals surface area contributed by atoms with Crippen LogP contribution in [0.4, 0.5) is 5.82 Å². The maximum absolute atomic E-state index is 12.0. The van der Waals surface area contributed by atoms with E-state index in [0.717, 1.165) is 0 Å². The Kier molecular flexibility index (Phi) is 3.45. The van der Waals surface area contributed by atoms with Gasteiger partial charge in [-0.1, -0.05) is 17.7 Å². The summed E-state index contributed by atoms with van der Waals surface area (Å²) in [6.07, 6.45) is 1.56. The molecule has 3 rings (SSSR count). The van der Waals surface area contributed by atoms with Crippen molar-refractivity contribution in [2.45, 2.75) is 6.54 Å². The van der Waals surface area contributed by atoms with Gasteiger partial charge in [-0.2, -0.15) is 0 Å². The molecule has 1 amide bonds. The third-order valence-electron chi connectivity index (χ3n) is 2.86. The molecule has 0 atom stereocenters. The molecular weight excluding hydrogens is 294 g/mol. The lowest BCUT2D eigenvalue weighted by Crippen LogP contribution is -2.25. The molecule has 0 aliphatic carbocycles. The summed E-state index contributed by atoms with van der Waals surface area (Å²) in [5.74, 6) is -0.566. The van der Waals surface area contributed by atoms with Crippen LogP contribution in [0.15, 0.2) is 51.8 Å². The first kappa shape index (κ1) is 13.4. The van der Waals surface area contributed by atoms with Crippen molar-refractivity contribution < 1.29 is 9.21 Å². The molecule has 6 nitrogen and oxygen atoms in total. The second-order valence-corrected chi connectivity index (χ2v) is 4.77. The first-order valence-electron chi connectivity index (χ1n) is 6.13. The van der Waals surface area contributed by atoms with Crippen molar-refractivity contribution in [3.63, 3.8) is 0 Å². The summed E-state index contributed by atoms with van der Waals surface area (Å²) < 4.78 is 6.28. The minimum absolute atomic E-state index is 0.178. The zero-order valence-corrected chi connectivity index (χ0v) is 11.5. The van der Waals surface area contributed by atoms with Gasteiger partial charge in [0.2, 0.25) is 5.91 Å². The van der Waals surface area contributed by atoms with Crippen LogP contribution in [0.2, 0.25) is 5.02 Å². The highest BCUT2D eigenvalue weighted by atomic mass is 35.5. The fourth-order valence-electron chi connectivity index (χ4n) is 1.95. The van der Waals surface area contributed by atoms with E-state index >= 15 is 0 Å². The fourth-order valence-corrected chi connectivity index (χ4v) is 2.11. The zero-order chi connectivity index (χ0) is 14.8. The first-order chi connectivity index (χ1) is 10.1. The van der Waals surface area contributed by atoms with Crippen LogP contribution < -0.4 is 11.1 Å². The van der Waals surface area contributed by atoms with Gasteiger partial charge in [0.25, 0.3) is 0 Å². The summed E-state index contributed by atoms with van der Waals surface area (Å²) >= 11 is 5.90. The lowest BCUT2D eigenvalue weighted by Gasteiger charge is -2.04. The van der Waals surface area contributed by atoms with Crippen LogP contribution in [-0.2, 0) is 11.3 Å². The molecule has 0 fully saturated rings. The standard InChI is InChI=1S/C14H10ClN3O3/c15-9-4-5-11-10(7-9)18(14(20)21-11)8-13(19)17-12-3-1-2-6-16-12/h1-7H,8H2,(H,16,17,19). The highest BCUT2D eigenvalue weighted by molar-refractivity contribution is 6.31. The van der Waals surface area contributed by atoms with Crippen molar-refractivity contribution >= 4 is 34.4 Å². The van der Waals surface area contributed by atoms with Gasteiger partial charge in [0.05, 0.1) is 5.52 Å². The molecule has 0 unspecified atom stereocenters. The van der Waals surface area contributed by atoms with Gasteiger partial charge in [0, 0.05) is 11.2 Å². The number of hydrogen-bond donors (Lipinski definition) is 1. The number of anilines is 1. The lowest BCUT2D eigenvalue weighted by atomic mass is 10.3. The number of amides is 1. The second-order valence-electron chi connectivity index (χ2n) is 4.33. The molecule has 0 aliphatic rings. The molecule has 3 aromatic rings. The molecule has 0 spiro atoms. The fraction of sp³-hybridized carbons (Fsp3) is 0.0714. The van der Waals surface area contributed by atoms with Gasteiger partial charge >= 0.3 is 5.76 Å². The third kappa shape index (κ3) is 2.80. The molecule has 0 bridgehead atoms. The summed E-state index contributed by atoms with van der Waals surface area (Å²) in [5.41, 5.74) is 0.860. The van der Waals surface area contributed by atoms with Gasteiger partial charge in [0.1, 0.15) is 12.4 Å². The molecule has 0 aliphatic heterocycles. The average Bonchev–Trinajstić information content (AvgIpc) is 2.76. The van der Waals surface area contributed by atoms with Gasteiger partial charge in [-0.3, -0.25) is 9.36 Å². The molecule has 0 radical (unpaired) electrons. The van der Waals surface area contributed by atoms with Crippen molar-refractivity contribution in [2.24, 2.45) is 0 Å². The van der Waals surface area contributed by atoms with E-state index in [0.29, 0.717) is 21.9 Å². The van der Waals surface area contributed by atoms with Crippen LogP contribution in [-0.4, -0.2) is 15.5 Å². The SMILES string of the molecule is O=C(Cn1c(=O)oc2ccc(Cl)cc21)Nc1ccccn1. The van der Waals surface area contributed by atoms with Crippen LogP contribution in [0.3, 0.4) is 0 Å². The van der Waals surface area contributed by atoms with E-state index in [1.165, 1.54) is 4.57 Å². The van der Waals surface area contributed by atoms with E-state index in [2.05, 4.69) is 10.3 Å². The topological polar surface area (TPSA) is 77.1 Å². The van der Waals surface area contributed by atoms with Crippen LogP contribution in [0.1, 0.15) is 0 Å². The Morgan fingerprint density at radius 2 is 2.19 bits per heavy atom. The maximum Gasteiger partial charge on any atom is 0.420 e. The molecule has 21 heavy (non-hydrogen) atoms. The Balaban J connectivity index is 1.88. The number of rotatable bonds is 3. The number of hydrogen-bond acceptors (Lipinski definition) is 4. The number of nitrogens with one attached hydrogen (secondary N) is 1. The van der Waals surface area contributed by atoms with E-state index in [-0.39, 0.29) is 12.5 Å². The molecular formula is C14H10ClN3O3. The van der Waals surface area contributed by atoms with Gasteiger partial charge in [-0.05, 0) is 30.3 Å². The number of benzene rings is 1. The van der Waals surface area contributed by atoms with E-state index < -0.39 is 5.76 Å². The first-order valence-corrected chi connectivity index (χ1v) is 6.51. The summed E-state index contributed by atoms with van der Waals surface area (Å²) in [5, 5.41) is 3.06. The van der Waals surface area contributed by atoms with Gasteiger partial charge < -0.3 is 9.73 Å². The minimum Gasteiger partial charge on any atom is -0.408 e. The second kappa shape index (κ2) is 5.41. The summed E-state index contributed by atoms with van der Waals surface area (Å²) in [4.78, 5) is 27.8. The molecule has 106 valence electrons. The van der Waals surface area contributed by atoms with Gasteiger partial charge in [-0.25, -0.2) is 9.78 Å². The quantitative estimate of drug-likeness (QED) is 0.805. The summed E-state index contributed by atoms with van der Waals surface area (Å²) in [6, 6.07) is 9.94. The number of fused-ring (bicyclic) bond motifs is 1. The van der Waals surface area contributed by atoms with E-state index in [1.807, 2.05) is 0 Å². The number of nitrogens with zero attached hydrogens (tertiary/aromatic N) is 2. The number of halogens is 1. The molecule has 2 heterocycles. The number of carbonyl (C=O) groups is 1. The zero-order valence-electron chi connectivity index (χ0n) is 10.7. The van der Waals surface area contributed by atoms with Crippen LogP contribution >= 0.6 is 11.6 Å². The van der Waals surface area contributed by atoms with Crippen LogP contribution in [0, 0.1) is 0 Å². The third-order valence-corrected chi connectivity index (χ3v) is 3.10. The predicted molar refractivity (Wildman–Crippen MR) is 78.4 cm³/mol. The molecule has 1 N–H and O–H groups in total. The summed E-state index contributed by atoms with van der Waals surface area (Å²) in [6.45, 7) is -0.178. The Morgan fingerprint density at radius 3 is 2.95 bits per heavy atom. The molecule has 7 heteroatoms. The number of pyridine rings is 1. The Labute approximate surface area is 124 Å². The molecule has 0 saturated heterocycles. The van der Waals surface area contributed by atoms with Crippen molar-refractivity contribution in [1.29, 1.82) is 0 Å². The highest BCUT2D eigenvalue weighted by Crippen LogP contribution is 2.18. The molecule has 1 aromatic carbocycles. The van der Waals surface area contributed by atoms with Gasteiger partial charge in [-0.15, -0.1) is 0 Å². The van der Waals surface area contributed by atoms with Crippen molar-refractivity contribution in [1.82, 2.24) is 9.55 Å². The number of carbonyl (C=O) groups excluding carboxylic acids is 1. The highest BCUT2D eigenvalue weighted by Gasteiger charge is 2.13. The smallest absolute Gasteiger partial charge is 0.408 e. The van der Waals surface area contributed by atoms with E-state index in [4.69, 9.17) is 16.0 Å². The van der Waals surface area contributed by atoms with Crippen molar-refractivity contribution in [3.8, 4) is 0 Å². The van der Waals surface area contributed by atoms with E-state index in [1.54, 1.807) is 42.6 Å². The van der Waals surface area contributed by atoms with Gasteiger partial charge in [0.15, 0.2) is 5.58 Å². The summed E-state index contributed by atoms with van der Waals surface area (Å²) in [7, 11) is 0.